The highest BCUT2D eigenvalue weighted by molar-refractivity contribution is 9.10. The summed E-state index contributed by atoms with van der Waals surface area (Å²) in [4.78, 5) is 16.0. The molecule has 140 valence electrons. The van der Waals surface area contributed by atoms with Gasteiger partial charge in [-0.1, -0.05) is 0 Å². The van der Waals surface area contributed by atoms with E-state index in [0.29, 0.717) is 11.3 Å². The highest BCUT2D eigenvalue weighted by atomic mass is 79.9. The molecule has 27 heavy (non-hydrogen) atoms. The first-order valence-electron chi connectivity index (χ1n) is 8.00. The number of nitrogens with zero attached hydrogens (tertiary/aromatic N) is 4. The van der Waals surface area contributed by atoms with Crippen LogP contribution in [0.25, 0.3) is 11.4 Å². The Labute approximate surface area is 161 Å². The van der Waals surface area contributed by atoms with E-state index >= 15 is 0 Å². The van der Waals surface area contributed by atoms with Crippen molar-refractivity contribution < 1.29 is 24.1 Å². The van der Waals surface area contributed by atoms with Crippen LogP contribution in [0.15, 0.2) is 28.9 Å². The lowest BCUT2D eigenvalue weighted by molar-refractivity contribution is 0.0683. The summed E-state index contributed by atoms with van der Waals surface area (Å²) >= 11 is 3.13. The molecule has 10 heteroatoms. The second kappa shape index (κ2) is 6.46. The number of aliphatic hydroxyl groups excluding tert-OH is 1. The highest BCUT2D eigenvalue weighted by Crippen LogP contribution is 2.38. The third-order valence-corrected chi connectivity index (χ3v) is 5.05. The van der Waals surface area contributed by atoms with Crippen molar-refractivity contribution in [1.29, 1.82) is 0 Å². The summed E-state index contributed by atoms with van der Waals surface area (Å²) in [5.41, 5.74) is 0.711. The highest BCUT2D eigenvalue weighted by Gasteiger charge is 2.32. The van der Waals surface area contributed by atoms with Gasteiger partial charge in [0, 0.05) is 19.3 Å². The average Bonchev–Trinajstić information content (AvgIpc) is 3.17. The summed E-state index contributed by atoms with van der Waals surface area (Å²) in [6.45, 7) is 0.412. The van der Waals surface area contributed by atoms with Crippen LogP contribution in [0.2, 0.25) is 0 Å². The molecule has 0 fully saturated rings. The molecule has 0 saturated heterocycles. The summed E-state index contributed by atoms with van der Waals surface area (Å²) in [5, 5.41) is 24.5. The van der Waals surface area contributed by atoms with Gasteiger partial charge in [0.1, 0.15) is 30.1 Å². The van der Waals surface area contributed by atoms with Crippen LogP contribution < -0.4 is 4.74 Å². The van der Waals surface area contributed by atoms with Crippen LogP contribution in [0, 0.1) is 5.82 Å². The number of halogens is 2. The van der Waals surface area contributed by atoms with E-state index in [1.165, 1.54) is 23.0 Å². The van der Waals surface area contributed by atoms with E-state index in [9.17, 15) is 19.4 Å². The molecule has 1 aliphatic heterocycles. The van der Waals surface area contributed by atoms with Crippen LogP contribution in [0.3, 0.4) is 0 Å². The van der Waals surface area contributed by atoms with Crippen molar-refractivity contribution in [3.8, 4) is 17.1 Å². The standard InChI is InChI=1S/C17H14BrFN4O4/c1-22-11(2-3-20-22)15(24)14-13(17(25)26)21-16-8-6-9(18)10(19)7-12(8)27-5-4-23(14)16/h2-3,6-7,15,24H,4-5H2,1H3,(H,25,26). The quantitative estimate of drug-likeness (QED) is 0.653. The van der Waals surface area contributed by atoms with Gasteiger partial charge in [-0.05, 0) is 28.1 Å². The average molecular weight is 437 g/mol. The number of imidazole rings is 1. The first-order chi connectivity index (χ1) is 12.9. The van der Waals surface area contributed by atoms with E-state index in [1.807, 2.05) is 0 Å². The predicted octanol–water partition coefficient (Wildman–Crippen LogP) is 2.36. The van der Waals surface area contributed by atoms with Gasteiger partial charge in [0.05, 0.1) is 28.0 Å². The van der Waals surface area contributed by atoms with Crippen LogP contribution >= 0.6 is 15.9 Å². The Balaban J connectivity index is 1.97. The number of aryl methyl sites for hydroxylation is 1. The summed E-state index contributed by atoms with van der Waals surface area (Å²) in [6.07, 6.45) is 0.257. The largest absolute Gasteiger partial charge is 0.491 e. The van der Waals surface area contributed by atoms with E-state index in [1.54, 1.807) is 17.7 Å². The number of aromatic carboxylic acids is 1. The number of hydrogen-bond acceptors (Lipinski definition) is 5. The first-order valence-corrected chi connectivity index (χ1v) is 8.79. The molecule has 1 unspecified atom stereocenters. The van der Waals surface area contributed by atoms with Gasteiger partial charge in [0.25, 0.3) is 0 Å². The number of rotatable bonds is 3. The number of fused-ring (bicyclic) bond motifs is 3. The van der Waals surface area contributed by atoms with Crippen LogP contribution in [0.1, 0.15) is 28.0 Å². The van der Waals surface area contributed by atoms with Gasteiger partial charge in [0.15, 0.2) is 5.69 Å². The molecule has 1 aliphatic rings. The maximum atomic E-state index is 13.9. The maximum absolute atomic E-state index is 13.9. The van der Waals surface area contributed by atoms with Crippen molar-refractivity contribution in [1.82, 2.24) is 19.3 Å². The summed E-state index contributed by atoms with van der Waals surface area (Å²) < 4.78 is 22.8. The zero-order valence-corrected chi connectivity index (χ0v) is 15.6. The smallest absolute Gasteiger partial charge is 0.356 e. The molecule has 8 nitrogen and oxygen atoms in total. The number of carboxylic acid groups (broad SMARTS) is 1. The fourth-order valence-electron chi connectivity index (χ4n) is 3.19. The number of carboxylic acids is 1. The Morgan fingerprint density at radius 2 is 2.22 bits per heavy atom. The zero-order chi connectivity index (χ0) is 19.3. The molecule has 0 saturated carbocycles. The fourth-order valence-corrected chi connectivity index (χ4v) is 3.54. The van der Waals surface area contributed by atoms with Gasteiger partial charge in [-0.25, -0.2) is 14.2 Å². The first kappa shape index (κ1) is 17.7. The molecule has 2 N–H and O–H groups in total. The van der Waals surface area contributed by atoms with E-state index in [0.717, 1.165) is 0 Å². The zero-order valence-electron chi connectivity index (χ0n) is 14.1. The minimum absolute atomic E-state index is 0.123. The molecule has 4 rings (SSSR count). The molecule has 1 aromatic carbocycles. The summed E-state index contributed by atoms with van der Waals surface area (Å²) in [6, 6.07) is 4.31. The van der Waals surface area contributed by atoms with Gasteiger partial charge in [-0.2, -0.15) is 5.10 Å². The van der Waals surface area contributed by atoms with Gasteiger partial charge in [-0.3, -0.25) is 4.68 Å². The molecule has 3 aromatic rings. The topological polar surface area (TPSA) is 102 Å². The van der Waals surface area contributed by atoms with Crippen molar-refractivity contribution in [3.05, 3.63) is 51.8 Å². The van der Waals surface area contributed by atoms with Crippen molar-refractivity contribution in [2.24, 2.45) is 7.05 Å². The molecule has 2 aromatic heterocycles. The number of aliphatic hydroxyl groups is 1. The minimum Gasteiger partial charge on any atom is -0.491 e. The Hall–Kier alpha value is -2.72. The Morgan fingerprint density at radius 3 is 2.89 bits per heavy atom. The van der Waals surface area contributed by atoms with E-state index in [-0.39, 0.29) is 40.6 Å². The molecule has 1 atom stereocenters. The second-order valence-corrected chi connectivity index (χ2v) is 6.87. The third kappa shape index (κ3) is 2.81. The second-order valence-electron chi connectivity index (χ2n) is 6.02. The van der Waals surface area contributed by atoms with Crippen molar-refractivity contribution in [3.63, 3.8) is 0 Å². The van der Waals surface area contributed by atoms with Crippen LogP contribution in [0.4, 0.5) is 4.39 Å². The Morgan fingerprint density at radius 1 is 1.44 bits per heavy atom. The molecule has 0 amide bonds. The van der Waals surface area contributed by atoms with Crippen molar-refractivity contribution >= 4 is 21.9 Å². The number of benzene rings is 1. The number of aromatic nitrogens is 4. The number of carbonyl (C=O) groups is 1. The SMILES string of the molecule is Cn1nccc1C(O)c1c(C(=O)O)nc2n1CCOc1cc(F)c(Br)cc1-2. The predicted molar refractivity (Wildman–Crippen MR) is 95.0 cm³/mol. The molecule has 0 bridgehead atoms. The summed E-state index contributed by atoms with van der Waals surface area (Å²) in [5.74, 6) is -1.22. The minimum atomic E-state index is -1.27. The summed E-state index contributed by atoms with van der Waals surface area (Å²) in [7, 11) is 1.65. The van der Waals surface area contributed by atoms with Crippen LogP contribution in [0.5, 0.6) is 5.75 Å². The molecular formula is C17H14BrFN4O4. The van der Waals surface area contributed by atoms with E-state index in [4.69, 9.17) is 4.74 Å². The van der Waals surface area contributed by atoms with Gasteiger partial charge >= 0.3 is 5.97 Å². The molecule has 0 radical (unpaired) electrons. The molecule has 0 spiro atoms. The van der Waals surface area contributed by atoms with Crippen molar-refractivity contribution in [2.45, 2.75) is 12.6 Å². The lowest BCUT2D eigenvalue weighted by atomic mass is 10.1. The van der Waals surface area contributed by atoms with E-state index < -0.39 is 17.9 Å². The normalized spacial score (nSPS) is 14.1. The van der Waals surface area contributed by atoms with Crippen molar-refractivity contribution in [2.75, 3.05) is 6.61 Å². The monoisotopic (exact) mass is 436 g/mol. The van der Waals surface area contributed by atoms with Gasteiger partial charge in [-0.15, -0.1) is 0 Å². The van der Waals surface area contributed by atoms with Crippen LogP contribution in [-0.4, -0.2) is 42.1 Å². The van der Waals surface area contributed by atoms with Crippen LogP contribution in [-0.2, 0) is 13.6 Å². The Bertz CT molecular complexity index is 1060. The van der Waals surface area contributed by atoms with Gasteiger partial charge in [0.2, 0.25) is 0 Å². The molecular weight excluding hydrogens is 423 g/mol. The Kier molecular flexibility index (Phi) is 4.23. The lowest BCUT2D eigenvalue weighted by Gasteiger charge is -2.15. The lowest BCUT2D eigenvalue weighted by Crippen LogP contribution is -2.17. The molecule has 3 heterocycles. The number of ether oxygens (including phenoxy) is 1. The third-order valence-electron chi connectivity index (χ3n) is 4.44. The van der Waals surface area contributed by atoms with Gasteiger partial charge < -0.3 is 19.5 Å². The maximum Gasteiger partial charge on any atom is 0.356 e. The molecule has 0 aliphatic carbocycles. The van der Waals surface area contributed by atoms with E-state index in [2.05, 4.69) is 26.0 Å². The fraction of sp³-hybridized carbons (Fsp3) is 0.235. The number of hydrogen-bond donors (Lipinski definition) is 2.